The first kappa shape index (κ1) is 15.6. The van der Waals surface area contributed by atoms with Gasteiger partial charge in [-0.15, -0.1) is 0 Å². The number of rotatable bonds is 2. The molecule has 6 heteroatoms. The van der Waals surface area contributed by atoms with Crippen LogP contribution < -0.4 is 9.47 Å². The van der Waals surface area contributed by atoms with Crippen LogP contribution in [-0.2, 0) is 21.3 Å². The zero-order chi connectivity index (χ0) is 18.1. The fourth-order valence-corrected chi connectivity index (χ4v) is 5.34. The van der Waals surface area contributed by atoms with Gasteiger partial charge in [-0.25, -0.2) is 4.79 Å². The van der Waals surface area contributed by atoms with Crippen LogP contribution in [0.1, 0.15) is 17.5 Å². The van der Waals surface area contributed by atoms with Crippen molar-refractivity contribution in [3.63, 3.8) is 0 Å². The maximum absolute atomic E-state index is 12.4. The van der Waals surface area contributed by atoms with E-state index in [0.29, 0.717) is 6.54 Å². The zero-order valence-corrected chi connectivity index (χ0v) is 15.1. The lowest BCUT2D eigenvalue weighted by molar-refractivity contribution is 0.0354. The van der Waals surface area contributed by atoms with E-state index in [2.05, 4.69) is 12.1 Å². The first-order valence-corrected chi connectivity index (χ1v) is 8.85. The van der Waals surface area contributed by atoms with Crippen LogP contribution in [0.2, 0.25) is 0 Å². The smallest absolute Gasteiger partial charge is 0.409 e. The lowest BCUT2D eigenvalue weighted by atomic mass is 9.55. The quantitative estimate of drug-likeness (QED) is 0.816. The Kier molecular flexibility index (Phi) is 3.12. The highest BCUT2D eigenvalue weighted by atomic mass is 16.5. The monoisotopic (exact) mass is 355 g/mol. The summed E-state index contributed by atoms with van der Waals surface area (Å²) in [6.07, 6.45) is 5.41. The predicted octanol–water partition coefficient (Wildman–Crippen LogP) is 2.77. The number of methoxy groups -OCH3 is 3. The number of allylic oxidation sites excluding steroid dienone is 2. The Bertz CT molecular complexity index is 873. The average molecular weight is 355 g/mol. The van der Waals surface area contributed by atoms with Crippen LogP contribution >= 0.6 is 0 Å². The molecule has 26 heavy (non-hydrogen) atoms. The fraction of sp³-hybridized carbons (Fsp3) is 0.450. The molecule has 1 aromatic rings. The van der Waals surface area contributed by atoms with Crippen molar-refractivity contribution in [2.24, 2.45) is 5.92 Å². The average Bonchev–Trinajstić information content (AvgIpc) is 3.01. The van der Waals surface area contributed by atoms with Gasteiger partial charge >= 0.3 is 6.09 Å². The van der Waals surface area contributed by atoms with E-state index in [4.69, 9.17) is 18.9 Å². The number of nitrogens with zero attached hydrogens (tertiary/aromatic N) is 1. The minimum atomic E-state index is -0.299. The van der Waals surface area contributed by atoms with Crippen LogP contribution in [0.15, 0.2) is 35.8 Å². The lowest BCUT2D eigenvalue weighted by Gasteiger charge is -2.53. The SMILES string of the molecule is COC(=O)N1CC[C@]23C4=C(OC)C=C[C@H]2[C@H]1Cc1ccc(OC)c(c13)O4. The van der Waals surface area contributed by atoms with Gasteiger partial charge in [-0.2, -0.15) is 0 Å². The Balaban J connectivity index is 1.77. The van der Waals surface area contributed by atoms with Gasteiger partial charge in [0.2, 0.25) is 0 Å². The number of carbonyl (C=O) groups is 1. The number of hydrogen-bond acceptors (Lipinski definition) is 5. The third-order valence-corrected chi connectivity index (χ3v) is 6.35. The normalized spacial score (nSPS) is 29.9. The molecular formula is C20H21NO5. The van der Waals surface area contributed by atoms with E-state index in [9.17, 15) is 4.79 Å². The van der Waals surface area contributed by atoms with Crippen LogP contribution in [0.25, 0.3) is 0 Å². The first-order valence-electron chi connectivity index (χ1n) is 8.85. The van der Waals surface area contributed by atoms with Crippen LogP contribution in [0.4, 0.5) is 4.79 Å². The van der Waals surface area contributed by atoms with E-state index in [0.717, 1.165) is 35.9 Å². The maximum Gasteiger partial charge on any atom is 0.409 e. The van der Waals surface area contributed by atoms with E-state index in [1.165, 1.54) is 18.2 Å². The Morgan fingerprint density at radius 3 is 2.85 bits per heavy atom. The Labute approximate surface area is 152 Å². The van der Waals surface area contributed by atoms with Crippen molar-refractivity contribution in [1.82, 2.24) is 4.90 Å². The van der Waals surface area contributed by atoms with Gasteiger partial charge < -0.3 is 23.8 Å². The molecule has 2 aliphatic heterocycles. The fourth-order valence-electron chi connectivity index (χ4n) is 5.34. The molecule has 1 aromatic carbocycles. The molecule has 2 aliphatic carbocycles. The van der Waals surface area contributed by atoms with Gasteiger partial charge in [0.25, 0.3) is 0 Å². The van der Waals surface area contributed by atoms with Gasteiger partial charge in [-0.05, 0) is 30.5 Å². The van der Waals surface area contributed by atoms with Crippen LogP contribution in [0.5, 0.6) is 11.5 Å². The molecule has 136 valence electrons. The Morgan fingerprint density at radius 2 is 2.12 bits per heavy atom. The van der Waals surface area contributed by atoms with Gasteiger partial charge in [-0.1, -0.05) is 12.1 Å². The third-order valence-electron chi connectivity index (χ3n) is 6.35. The van der Waals surface area contributed by atoms with E-state index in [1.807, 2.05) is 17.0 Å². The molecule has 1 fully saturated rings. The molecule has 6 nitrogen and oxygen atoms in total. The minimum Gasteiger partial charge on any atom is -0.493 e. The third kappa shape index (κ3) is 1.65. The highest BCUT2D eigenvalue weighted by molar-refractivity contribution is 5.71. The molecule has 0 aromatic heterocycles. The molecule has 2 heterocycles. The van der Waals surface area contributed by atoms with Gasteiger partial charge in [0, 0.05) is 24.1 Å². The molecule has 0 N–H and O–H groups in total. The molecular weight excluding hydrogens is 334 g/mol. The second kappa shape index (κ2) is 5.19. The molecule has 1 spiro atoms. The second-order valence-corrected chi connectivity index (χ2v) is 7.17. The number of hydrogen-bond donors (Lipinski definition) is 0. The Hall–Kier alpha value is -2.63. The summed E-state index contributed by atoms with van der Waals surface area (Å²) in [5.41, 5.74) is 2.11. The number of likely N-dealkylation sites (tertiary alicyclic amines) is 1. The van der Waals surface area contributed by atoms with Crippen molar-refractivity contribution in [2.75, 3.05) is 27.9 Å². The van der Waals surface area contributed by atoms with E-state index in [-0.39, 0.29) is 23.5 Å². The molecule has 3 atom stereocenters. The van der Waals surface area contributed by atoms with Gasteiger partial charge in [0.1, 0.15) is 0 Å². The predicted molar refractivity (Wildman–Crippen MR) is 93.2 cm³/mol. The molecule has 0 radical (unpaired) electrons. The van der Waals surface area contributed by atoms with E-state index < -0.39 is 0 Å². The second-order valence-electron chi connectivity index (χ2n) is 7.17. The minimum absolute atomic E-state index is 0.0382. The molecule has 0 unspecified atom stereocenters. The largest absolute Gasteiger partial charge is 0.493 e. The number of piperidine rings is 1. The van der Waals surface area contributed by atoms with Crippen LogP contribution in [-0.4, -0.2) is 44.9 Å². The molecule has 1 saturated heterocycles. The molecule has 2 bridgehead atoms. The summed E-state index contributed by atoms with van der Waals surface area (Å²) >= 11 is 0. The van der Waals surface area contributed by atoms with Gasteiger partial charge in [-0.3, -0.25) is 0 Å². The first-order chi connectivity index (χ1) is 12.7. The number of amides is 1. The van der Waals surface area contributed by atoms with Crippen molar-refractivity contribution < 1.29 is 23.7 Å². The summed E-state index contributed by atoms with van der Waals surface area (Å²) in [6.45, 7) is 0.627. The summed E-state index contributed by atoms with van der Waals surface area (Å²) in [7, 11) is 4.77. The van der Waals surface area contributed by atoms with Crippen molar-refractivity contribution in [3.8, 4) is 11.5 Å². The Morgan fingerprint density at radius 1 is 1.27 bits per heavy atom. The van der Waals surface area contributed by atoms with E-state index >= 15 is 0 Å². The lowest BCUT2D eigenvalue weighted by Crippen LogP contribution is -2.61. The van der Waals surface area contributed by atoms with E-state index in [1.54, 1.807) is 14.2 Å². The van der Waals surface area contributed by atoms with Gasteiger partial charge in [0.05, 0.1) is 26.7 Å². The van der Waals surface area contributed by atoms with Crippen LogP contribution in [0, 0.1) is 5.92 Å². The van der Waals surface area contributed by atoms with Crippen LogP contribution in [0.3, 0.4) is 0 Å². The highest BCUT2D eigenvalue weighted by Gasteiger charge is 2.63. The summed E-state index contributed by atoms with van der Waals surface area (Å²) < 4.78 is 22.6. The zero-order valence-electron chi connectivity index (χ0n) is 15.1. The van der Waals surface area contributed by atoms with Crippen molar-refractivity contribution in [3.05, 3.63) is 46.9 Å². The van der Waals surface area contributed by atoms with Gasteiger partial charge in [0.15, 0.2) is 23.0 Å². The highest BCUT2D eigenvalue weighted by Crippen LogP contribution is 2.64. The van der Waals surface area contributed by atoms with Crippen molar-refractivity contribution in [2.45, 2.75) is 24.3 Å². The summed E-state index contributed by atoms with van der Waals surface area (Å²) in [6, 6.07) is 4.08. The summed E-state index contributed by atoms with van der Waals surface area (Å²) in [4.78, 5) is 14.2. The number of benzene rings is 1. The number of carbonyl (C=O) groups excluding carboxylic acids is 1. The standard InChI is InChI=1S/C20H21NO5/c1-23-14-6-4-11-10-13-12-5-7-15(24-2)18-20(12,16(11)17(14)26-18)8-9-21(13)19(22)25-3/h4-7,12-13H,8-10H2,1-3H3/t12-,13+,20-/m0/s1. The number of ether oxygens (including phenoxy) is 4. The molecule has 4 aliphatic rings. The van der Waals surface area contributed by atoms with Crippen molar-refractivity contribution >= 4 is 6.09 Å². The summed E-state index contributed by atoms with van der Waals surface area (Å²) in [5.74, 6) is 3.27. The molecule has 1 amide bonds. The topological polar surface area (TPSA) is 57.2 Å². The summed E-state index contributed by atoms with van der Waals surface area (Å²) in [5, 5.41) is 0. The van der Waals surface area contributed by atoms with Crippen molar-refractivity contribution in [1.29, 1.82) is 0 Å². The maximum atomic E-state index is 12.4. The molecule has 0 saturated carbocycles. The molecule has 5 rings (SSSR count).